The van der Waals surface area contributed by atoms with Crippen molar-refractivity contribution in [3.8, 4) is 0 Å². The summed E-state index contributed by atoms with van der Waals surface area (Å²) in [5.41, 5.74) is 6.71. The Hall–Kier alpha value is 0.820. The van der Waals surface area contributed by atoms with Crippen molar-refractivity contribution >= 4 is 16.5 Å². The molecule has 6 heteroatoms. The summed E-state index contributed by atoms with van der Waals surface area (Å²) in [6.45, 7) is 38.9. The van der Waals surface area contributed by atoms with E-state index in [1.807, 2.05) is 6.92 Å². The van der Waals surface area contributed by atoms with Crippen LogP contribution in [-0.4, -0.2) is 34.1 Å². The van der Waals surface area contributed by atoms with Crippen LogP contribution in [0.15, 0.2) is 0 Å². The van der Waals surface area contributed by atoms with Crippen molar-refractivity contribution in [1.82, 2.24) is 0 Å². The van der Waals surface area contributed by atoms with E-state index in [1.54, 1.807) is 0 Å². The monoisotopic (exact) mass is 489 g/mol. The van der Waals surface area contributed by atoms with Crippen molar-refractivity contribution in [1.29, 1.82) is 0 Å². The first-order valence-electron chi connectivity index (χ1n) is 11.0. The summed E-state index contributed by atoms with van der Waals surface area (Å²) in [7, 11) is -2.83. The van der Waals surface area contributed by atoms with Gasteiger partial charge in [0, 0.05) is 0 Å². The Bertz CT molecular complexity index is 370. The van der Waals surface area contributed by atoms with Crippen molar-refractivity contribution in [3.05, 3.63) is 15.7 Å². The van der Waals surface area contributed by atoms with Crippen LogP contribution in [0.1, 0.15) is 96.4 Å². The summed E-state index contributed by atoms with van der Waals surface area (Å²) in [6, 6.07) is 0. The van der Waals surface area contributed by atoms with Gasteiger partial charge in [0.05, 0.1) is 0 Å². The molecule has 0 aromatic rings. The molecule has 1 N–H and O–H groups in total. The Morgan fingerprint density at radius 2 is 0.759 bits per heavy atom. The number of nitrogens with zero attached hydrogens (tertiary/aromatic N) is 2. The zero-order valence-corrected chi connectivity index (χ0v) is 26.2. The molecule has 0 aromatic carbocycles. The molecule has 0 aliphatic carbocycles. The third kappa shape index (κ3) is 20.5. The van der Waals surface area contributed by atoms with Gasteiger partial charge in [-0.2, -0.15) is 6.54 Å². The van der Waals surface area contributed by atoms with Crippen LogP contribution >= 0.6 is 0 Å². The smallest absolute Gasteiger partial charge is 0.677 e. The molecule has 3 nitrogen and oxygen atoms in total. The fraction of sp³-hybridized carbons (Fsp3) is 1.00. The first-order valence-corrected chi connectivity index (χ1v) is 16.8. The predicted molar refractivity (Wildman–Crippen MR) is 140 cm³/mol. The van der Waals surface area contributed by atoms with Crippen LogP contribution in [0.5, 0.6) is 0 Å². The van der Waals surface area contributed by atoms with Gasteiger partial charge in [0.2, 0.25) is 0 Å². The van der Waals surface area contributed by atoms with E-state index in [0.29, 0.717) is 16.6 Å². The molecule has 0 aliphatic heterocycles. The van der Waals surface area contributed by atoms with E-state index < -0.39 is 16.5 Å². The molecule has 0 unspecified atom stereocenters. The summed E-state index contributed by atoms with van der Waals surface area (Å²) in [5, 5.41) is 0.751. The van der Waals surface area contributed by atoms with Gasteiger partial charge in [0.15, 0.2) is 0 Å². The van der Waals surface area contributed by atoms with Crippen molar-refractivity contribution in [3.63, 3.8) is 0 Å². The quantitative estimate of drug-likeness (QED) is 0.354. The Balaban J connectivity index is -0.000000177. The average Bonchev–Trinajstić information content (AvgIpc) is 2.31. The van der Waals surface area contributed by atoms with E-state index in [-0.39, 0.29) is 27.9 Å². The molecule has 0 radical (unpaired) electrons. The van der Waals surface area contributed by atoms with Crippen molar-refractivity contribution in [2.24, 2.45) is 0 Å². The maximum absolute atomic E-state index is 6.45. The molecule has 0 aromatic heterocycles. The van der Waals surface area contributed by atoms with Gasteiger partial charge in [0.25, 0.3) is 0 Å². The molecule has 29 heavy (non-hydrogen) atoms. The largest absolute Gasteiger partial charge is 3.00 e. The minimum atomic E-state index is -1.42. The van der Waals surface area contributed by atoms with Crippen LogP contribution in [0.3, 0.4) is 0 Å². The fourth-order valence-electron chi connectivity index (χ4n) is 2.01. The van der Waals surface area contributed by atoms with E-state index in [4.69, 9.17) is 15.7 Å². The summed E-state index contributed by atoms with van der Waals surface area (Å²) in [5.74, 6) is 0. The summed E-state index contributed by atoms with van der Waals surface area (Å²) in [4.78, 5) is 9.90. The fourth-order valence-corrected chi connectivity index (χ4v) is 6.04. The van der Waals surface area contributed by atoms with Crippen LogP contribution in [0.25, 0.3) is 15.7 Å². The maximum Gasteiger partial charge on any atom is 3.00 e. The zero-order chi connectivity index (χ0) is 23.8. The van der Waals surface area contributed by atoms with Crippen LogP contribution in [-0.2, 0) is 16.8 Å². The molecule has 0 bridgehead atoms. The normalized spacial score (nSPS) is 13.4. The van der Waals surface area contributed by atoms with Gasteiger partial charge in [0.1, 0.15) is 0 Å². The maximum atomic E-state index is 6.45. The van der Waals surface area contributed by atoms with E-state index in [9.17, 15) is 0 Å². The minimum absolute atomic E-state index is 0. The molecule has 0 fully saturated rings. The first kappa shape index (κ1) is 37.2. The molecule has 0 heterocycles. The van der Waals surface area contributed by atoms with Gasteiger partial charge in [-0.1, -0.05) is 149 Å². The molecule has 0 atom stereocenters. The molecule has 180 valence electrons. The second kappa shape index (κ2) is 13.4. The van der Waals surface area contributed by atoms with Crippen LogP contribution in [0.4, 0.5) is 0 Å². The summed E-state index contributed by atoms with van der Waals surface area (Å²) in [6.07, 6.45) is 0.986. The molecular formula is C23H56CoN3Si2. The average molecular weight is 490 g/mol. The Morgan fingerprint density at radius 1 is 0.586 bits per heavy atom. The number of hydrogen-bond donors (Lipinski definition) is 0. The van der Waals surface area contributed by atoms with Gasteiger partial charge < -0.3 is 15.7 Å². The predicted octanol–water partition coefficient (Wildman–Crippen LogP) is 9.77. The molecule has 0 rings (SSSR count). The van der Waals surface area contributed by atoms with E-state index in [0.717, 1.165) is 6.42 Å². The summed E-state index contributed by atoms with van der Waals surface area (Å²) < 4.78 is 0. The Morgan fingerprint density at radius 3 is 0.793 bits per heavy atom. The number of rotatable bonds is 3. The van der Waals surface area contributed by atoms with E-state index in [1.165, 1.54) is 0 Å². The van der Waals surface area contributed by atoms with E-state index in [2.05, 4.69) is 109 Å². The minimum Gasteiger partial charge on any atom is -0.677 e. The molecular weight excluding hydrogens is 433 g/mol. The van der Waals surface area contributed by atoms with Gasteiger partial charge in [-0.25, -0.2) is 0 Å². The van der Waals surface area contributed by atoms with Gasteiger partial charge in [-0.05, 0) is 0 Å². The third-order valence-corrected chi connectivity index (χ3v) is 15.0. The zero-order valence-electron chi connectivity index (χ0n) is 23.1. The molecule has 0 spiro atoms. The molecule has 0 amide bonds. The Kier molecular flexibility index (Phi) is 17.1. The van der Waals surface area contributed by atoms with Gasteiger partial charge in [-0.3, -0.25) is 0 Å². The van der Waals surface area contributed by atoms with Gasteiger partial charge in [-0.15, -0.1) is 11.1 Å². The topological polar surface area (TPSA) is 52.0 Å². The number of nitrogens with one attached hydrogen (secondary N) is 1. The molecule has 0 saturated carbocycles. The van der Waals surface area contributed by atoms with Crippen LogP contribution < -0.4 is 0 Å². The molecule has 0 aliphatic rings. The van der Waals surface area contributed by atoms with E-state index >= 15 is 0 Å². The SMILES string of the molecule is CC(C)(C)[N-][Si](C)(C)C(C)(C)C.CC(C)(C)[N-][Si](C)(C)C(C)(C)C.CCC[NH-].[Co+3]. The third-order valence-electron chi connectivity index (χ3n) is 5.15. The van der Waals surface area contributed by atoms with Gasteiger partial charge >= 0.3 is 16.8 Å². The second-order valence-electron chi connectivity index (χ2n) is 12.9. The van der Waals surface area contributed by atoms with Crippen molar-refractivity contribution < 1.29 is 16.8 Å². The summed E-state index contributed by atoms with van der Waals surface area (Å²) >= 11 is 0. The number of hydrogen-bond acceptors (Lipinski definition) is 0. The Labute approximate surface area is 198 Å². The first-order chi connectivity index (χ1) is 11.8. The van der Waals surface area contributed by atoms with Crippen LogP contribution in [0, 0.1) is 0 Å². The second-order valence-corrected chi connectivity index (χ2v) is 22.6. The van der Waals surface area contributed by atoms with Crippen molar-refractivity contribution in [2.75, 3.05) is 6.54 Å². The van der Waals surface area contributed by atoms with Crippen LogP contribution in [0.2, 0.25) is 36.3 Å². The molecule has 0 saturated heterocycles. The van der Waals surface area contributed by atoms with Crippen molar-refractivity contribution in [2.45, 2.75) is 144 Å². The standard InChI is InChI=1S/2C10H24NSi.C3H8N.Co/c2*1-9(2,3)11-12(7,8)10(4,5)6;1-2-3-4;/h2*1-8H3;4H,2-3H2,1H3;/q3*-1;+3.